The van der Waals surface area contributed by atoms with Gasteiger partial charge >= 0.3 is 0 Å². The largest absolute Gasteiger partial charge is 0.414 e. The molecule has 0 aromatic carbocycles. The average Bonchev–Trinajstić information content (AvgIpc) is 2.10. The molecule has 0 aliphatic carbocycles. The van der Waals surface area contributed by atoms with Crippen molar-refractivity contribution in [2.75, 3.05) is 6.61 Å². The molecule has 0 aliphatic heterocycles. The third-order valence-corrected chi connectivity index (χ3v) is 7.94. The summed E-state index contributed by atoms with van der Waals surface area (Å²) in [5, 5.41) is 9.10. The first-order valence-corrected chi connectivity index (χ1v) is 8.94. The fraction of sp³-hybridized carbons (Fsp3) is 1.00. The van der Waals surface area contributed by atoms with Crippen molar-refractivity contribution in [1.82, 2.24) is 0 Å². The zero-order valence-electron chi connectivity index (χ0n) is 11.3. The lowest BCUT2D eigenvalue weighted by molar-refractivity contribution is 0.152. The topological polar surface area (TPSA) is 29.5 Å². The second kappa shape index (κ2) is 6.02. The van der Waals surface area contributed by atoms with Crippen molar-refractivity contribution < 1.29 is 9.53 Å². The van der Waals surface area contributed by atoms with Crippen molar-refractivity contribution in [3.63, 3.8) is 0 Å². The van der Waals surface area contributed by atoms with Crippen molar-refractivity contribution >= 4 is 8.32 Å². The maximum absolute atomic E-state index is 8.82. The van der Waals surface area contributed by atoms with E-state index < -0.39 is 8.32 Å². The summed E-state index contributed by atoms with van der Waals surface area (Å²) >= 11 is 0. The van der Waals surface area contributed by atoms with Crippen molar-refractivity contribution in [3.05, 3.63) is 0 Å². The van der Waals surface area contributed by atoms with E-state index in [0.717, 1.165) is 19.3 Å². The van der Waals surface area contributed by atoms with Crippen LogP contribution in [-0.4, -0.2) is 26.1 Å². The lowest BCUT2D eigenvalue weighted by atomic mass is 10.2. The second-order valence-corrected chi connectivity index (χ2v) is 10.5. The van der Waals surface area contributed by atoms with Crippen molar-refractivity contribution in [3.8, 4) is 0 Å². The molecule has 0 unspecified atom stereocenters. The molecular weight excluding hydrogens is 204 g/mol. The summed E-state index contributed by atoms with van der Waals surface area (Å²) < 4.78 is 6.28. The monoisotopic (exact) mass is 232 g/mol. The van der Waals surface area contributed by atoms with E-state index in [4.69, 9.17) is 9.53 Å². The first-order chi connectivity index (χ1) is 6.74. The lowest BCUT2D eigenvalue weighted by Crippen LogP contribution is -2.43. The van der Waals surface area contributed by atoms with Crippen LogP contribution in [-0.2, 0) is 4.43 Å². The molecule has 3 heteroatoms. The molecule has 0 saturated heterocycles. The molecule has 1 N–H and O–H groups in total. The molecule has 0 amide bonds. The molecule has 0 aromatic heterocycles. The Hall–Kier alpha value is 0.137. The Bertz CT molecular complexity index is 173. The molecule has 2 nitrogen and oxygen atoms in total. The number of rotatable bonds is 6. The predicted octanol–water partition coefficient (Wildman–Crippen LogP) is 3.56. The van der Waals surface area contributed by atoms with E-state index in [1.807, 2.05) is 0 Å². The first-order valence-electron chi connectivity index (χ1n) is 6.03. The van der Waals surface area contributed by atoms with E-state index in [9.17, 15) is 0 Å². The number of aliphatic hydroxyl groups excluding tert-OH is 1. The van der Waals surface area contributed by atoms with Crippen LogP contribution in [0, 0.1) is 0 Å². The van der Waals surface area contributed by atoms with Crippen molar-refractivity contribution in [2.24, 2.45) is 0 Å². The Morgan fingerprint density at radius 3 is 2.13 bits per heavy atom. The van der Waals surface area contributed by atoms with E-state index in [2.05, 4.69) is 40.8 Å². The summed E-state index contributed by atoms with van der Waals surface area (Å²) in [4.78, 5) is 0. The normalized spacial score (nSPS) is 15.4. The molecule has 0 fully saturated rings. The van der Waals surface area contributed by atoms with Gasteiger partial charge in [-0.1, -0.05) is 27.7 Å². The smallest absolute Gasteiger partial charge is 0.192 e. The fourth-order valence-electron chi connectivity index (χ4n) is 1.26. The van der Waals surface area contributed by atoms with E-state index in [1.54, 1.807) is 0 Å². The molecular formula is C12H28O2Si. The van der Waals surface area contributed by atoms with Gasteiger partial charge in [0.25, 0.3) is 0 Å². The third-order valence-electron chi connectivity index (χ3n) is 3.41. The molecule has 0 radical (unpaired) electrons. The highest BCUT2D eigenvalue weighted by Gasteiger charge is 2.38. The Morgan fingerprint density at radius 2 is 1.80 bits per heavy atom. The predicted molar refractivity (Wildman–Crippen MR) is 68.7 cm³/mol. The summed E-state index contributed by atoms with van der Waals surface area (Å²) in [7, 11) is -1.62. The van der Waals surface area contributed by atoms with Crippen LogP contribution in [0.1, 0.15) is 47.0 Å². The Morgan fingerprint density at radius 1 is 1.27 bits per heavy atom. The standard InChI is InChI=1S/C12H28O2Si/c1-7-11(9-8-10-13)14-15(5,6)12(2,3)4/h11,13H,7-10H2,1-6H3/t11-/m0/s1. The minimum atomic E-state index is -1.62. The van der Waals surface area contributed by atoms with Crippen molar-refractivity contribution in [1.29, 1.82) is 0 Å². The van der Waals surface area contributed by atoms with Crippen LogP contribution in [0.3, 0.4) is 0 Å². The number of hydrogen-bond donors (Lipinski definition) is 1. The van der Waals surface area contributed by atoms with Gasteiger partial charge < -0.3 is 9.53 Å². The maximum atomic E-state index is 8.82. The Labute approximate surface area is 96.2 Å². The van der Waals surface area contributed by atoms with Gasteiger partial charge in [-0.25, -0.2) is 0 Å². The van der Waals surface area contributed by atoms with E-state index >= 15 is 0 Å². The van der Waals surface area contributed by atoms with Gasteiger partial charge in [-0.05, 0) is 37.4 Å². The van der Waals surface area contributed by atoms with Gasteiger partial charge in [-0.2, -0.15) is 0 Å². The molecule has 0 heterocycles. The molecule has 0 aliphatic rings. The van der Waals surface area contributed by atoms with Crippen molar-refractivity contribution in [2.45, 2.75) is 71.2 Å². The highest BCUT2D eigenvalue weighted by molar-refractivity contribution is 6.74. The summed E-state index contributed by atoms with van der Waals surface area (Å²) in [5.74, 6) is 0. The van der Waals surface area contributed by atoms with Crippen LogP contribution < -0.4 is 0 Å². The molecule has 0 aromatic rings. The van der Waals surface area contributed by atoms with Gasteiger partial charge in [0.15, 0.2) is 8.32 Å². The summed E-state index contributed by atoms with van der Waals surface area (Å²) in [6, 6.07) is 0. The van der Waals surface area contributed by atoms with Crippen LogP contribution in [0.2, 0.25) is 18.1 Å². The van der Waals surface area contributed by atoms with Crippen LogP contribution in [0.5, 0.6) is 0 Å². The van der Waals surface area contributed by atoms with Crippen LogP contribution in [0.15, 0.2) is 0 Å². The van der Waals surface area contributed by atoms with E-state index in [1.165, 1.54) is 0 Å². The average molecular weight is 232 g/mol. The third kappa shape index (κ3) is 5.14. The molecule has 0 spiro atoms. The van der Waals surface area contributed by atoms with Crippen LogP contribution in [0.4, 0.5) is 0 Å². The highest BCUT2D eigenvalue weighted by atomic mass is 28.4. The van der Waals surface area contributed by atoms with Crippen LogP contribution in [0.25, 0.3) is 0 Å². The van der Waals surface area contributed by atoms with Gasteiger partial charge in [-0.15, -0.1) is 0 Å². The van der Waals surface area contributed by atoms with Gasteiger partial charge in [0.1, 0.15) is 0 Å². The number of aliphatic hydroxyl groups is 1. The lowest BCUT2D eigenvalue weighted by Gasteiger charge is -2.39. The molecule has 92 valence electrons. The molecule has 0 saturated carbocycles. The molecule has 0 rings (SSSR count). The minimum Gasteiger partial charge on any atom is -0.414 e. The second-order valence-electron chi connectivity index (χ2n) is 5.77. The zero-order chi connectivity index (χ0) is 12.1. The van der Waals surface area contributed by atoms with Gasteiger partial charge in [0.2, 0.25) is 0 Å². The van der Waals surface area contributed by atoms with E-state index in [0.29, 0.717) is 6.10 Å². The van der Waals surface area contributed by atoms with Gasteiger partial charge in [0.05, 0.1) is 0 Å². The summed E-state index contributed by atoms with van der Waals surface area (Å²) in [6.45, 7) is 13.8. The SMILES string of the molecule is CC[C@@H](CCCO)O[Si](C)(C)C(C)(C)C. The van der Waals surface area contributed by atoms with Gasteiger partial charge in [-0.3, -0.25) is 0 Å². The minimum absolute atomic E-state index is 0.275. The molecule has 15 heavy (non-hydrogen) atoms. The van der Waals surface area contributed by atoms with Crippen LogP contribution >= 0.6 is 0 Å². The zero-order valence-corrected chi connectivity index (χ0v) is 12.3. The molecule has 0 bridgehead atoms. The number of hydrogen-bond acceptors (Lipinski definition) is 2. The van der Waals surface area contributed by atoms with E-state index in [-0.39, 0.29) is 11.6 Å². The van der Waals surface area contributed by atoms with Gasteiger partial charge in [0, 0.05) is 12.7 Å². The first kappa shape index (κ1) is 15.1. The Kier molecular flexibility index (Phi) is 6.07. The summed E-state index contributed by atoms with van der Waals surface area (Å²) in [6.07, 6.45) is 3.22. The maximum Gasteiger partial charge on any atom is 0.192 e. The molecule has 1 atom stereocenters. The highest BCUT2D eigenvalue weighted by Crippen LogP contribution is 2.38. The summed E-state index contributed by atoms with van der Waals surface area (Å²) in [5.41, 5.74) is 0. The quantitative estimate of drug-likeness (QED) is 0.710. The Balaban J connectivity index is 4.27. The fourth-order valence-corrected chi connectivity index (χ4v) is 2.73.